The van der Waals surface area contributed by atoms with E-state index in [1.54, 1.807) is 5.30 Å². The van der Waals surface area contributed by atoms with E-state index >= 15 is 0 Å². The van der Waals surface area contributed by atoms with Gasteiger partial charge < -0.3 is 5.32 Å². The Kier molecular flexibility index (Phi) is 14.2. The smallest absolute Gasteiger partial charge is 0.694 e. The summed E-state index contributed by atoms with van der Waals surface area (Å²) in [5.41, 5.74) is 3.24. The normalized spacial score (nSPS) is 11.3. The minimum atomic E-state index is -3.67. The van der Waals surface area contributed by atoms with Gasteiger partial charge in [-0.3, -0.25) is 4.55 Å². The fraction of sp³-hybridized carbons (Fsp3) is 0.357. The number of hydrogen-bond donors (Lipinski definition) is 1. The van der Waals surface area contributed by atoms with Gasteiger partial charge in [0, 0.05) is 7.92 Å². The van der Waals surface area contributed by atoms with E-state index in [0.717, 1.165) is 16.8 Å². The van der Waals surface area contributed by atoms with Crippen LogP contribution in [0.3, 0.4) is 0 Å². The molecular weight excluding hydrogens is 568 g/mol. The topological polar surface area (TPSA) is 68.5 Å². The molecule has 0 atom stereocenters. The standard InChI is InChI=1S/C14H23P.C13H11N.CH4O3S.Pd/c1-13(2,3)15(14(4,5)6)12-10-8-7-9-11-12;1-14-13-10-6-5-9-12(13)11-7-3-2-4-8-11;1-5(2,3)4;/h7-11H,1-6H3;2-7,9-10H,1H3;1H3,(H,2,3,4);/q;-2;;+2/p+1. The Balaban J connectivity index is 0.000000543. The summed E-state index contributed by atoms with van der Waals surface area (Å²) >= 11 is 0. The quantitative estimate of drug-likeness (QED) is 0.146. The summed E-state index contributed by atoms with van der Waals surface area (Å²) in [5.74, 6) is 0. The van der Waals surface area contributed by atoms with Crippen LogP contribution in [-0.2, 0) is 30.5 Å². The number of hydrogen-bond acceptors (Lipinski definition) is 2. The Morgan fingerprint density at radius 3 is 1.69 bits per heavy atom. The fourth-order valence-electron chi connectivity index (χ4n) is 4.05. The molecule has 0 aliphatic heterocycles. The van der Waals surface area contributed by atoms with Crippen molar-refractivity contribution >= 4 is 29.0 Å². The van der Waals surface area contributed by atoms with Crippen LogP contribution in [0.25, 0.3) is 16.4 Å². The van der Waals surface area contributed by atoms with Crippen LogP contribution in [-0.4, -0.2) is 36.6 Å². The van der Waals surface area contributed by atoms with Crippen LogP contribution in [0.1, 0.15) is 41.5 Å². The molecule has 4 nitrogen and oxygen atoms in total. The molecule has 0 saturated carbocycles. The van der Waals surface area contributed by atoms with Crippen LogP contribution in [0, 0.1) is 6.07 Å². The molecule has 0 unspecified atom stereocenters. The number of benzene rings is 3. The molecule has 1 N–H and O–H groups in total. The molecule has 3 aromatic carbocycles. The maximum absolute atomic E-state index is 9.19. The maximum Gasteiger partial charge on any atom is 2.00 e. The maximum atomic E-state index is 9.19. The first kappa shape index (κ1) is 33.5. The van der Waals surface area contributed by atoms with Gasteiger partial charge >= 0.3 is 20.4 Å². The number of rotatable bonds is 3. The minimum Gasteiger partial charge on any atom is -0.694 e. The summed E-state index contributed by atoms with van der Waals surface area (Å²) in [6.07, 6.45) is 0.715. The molecule has 3 aromatic rings. The Hall–Kier alpha value is -1.54. The Morgan fingerprint density at radius 2 is 1.26 bits per heavy atom. The van der Waals surface area contributed by atoms with Gasteiger partial charge in [0.1, 0.15) is 0 Å². The summed E-state index contributed by atoms with van der Waals surface area (Å²) in [7, 11) is -2.41. The first-order chi connectivity index (χ1) is 15.6. The van der Waals surface area contributed by atoms with Crippen LogP contribution in [0.2, 0.25) is 0 Å². The van der Waals surface area contributed by atoms with Crippen LogP contribution in [0.5, 0.6) is 0 Å². The van der Waals surface area contributed by atoms with E-state index in [9.17, 15) is 8.42 Å². The molecule has 0 aliphatic carbocycles. The van der Waals surface area contributed by atoms with Gasteiger partial charge in [0.25, 0.3) is 10.1 Å². The second-order valence-corrected chi connectivity index (χ2v) is 15.8. The third-order valence-electron chi connectivity index (χ3n) is 4.71. The molecule has 0 saturated heterocycles. The Bertz CT molecular complexity index is 1070. The zero-order valence-electron chi connectivity index (χ0n) is 21.9. The molecule has 0 bridgehead atoms. The van der Waals surface area contributed by atoms with Gasteiger partial charge in [0.2, 0.25) is 0 Å². The Labute approximate surface area is 228 Å². The summed E-state index contributed by atoms with van der Waals surface area (Å²) < 4.78 is 25.9. The van der Waals surface area contributed by atoms with Crippen molar-refractivity contribution in [3.8, 4) is 11.1 Å². The van der Waals surface area contributed by atoms with E-state index in [2.05, 4.69) is 89.3 Å². The van der Waals surface area contributed by atoms with Gasteiger partial charge in [-0.05, 0) is 53.7 Å². The molecule has 0 radical (unpaired) electrons. The van der Waals surface area contributed by atoms with Gasteiger partial charge in [-0.1, -0.05) is 42.5 Å². The van der Waals surface area contributed by atoms with E-state index in [-0.39, 0.29) is 20.4 Å². The predicted molar refractivity (Wildman–Crippen MR) is 151 cm³/mol. The number of para-hydroxylation sites is 1. The van der Waals surface area contributed by atoms with Crippen molar-refractivity contribution in [3.63, 3.8) is 0 Å². The molecule has 3 rings (SSSR count). The van der Waals surface area contributed by atoms with Crippen molar-refractivity contribution in [1.82, 2.24) is 0 Å². The number of nitrogens with zero attached hydrogens (tertiary/aromatic N) is 1. The second kappa shape index (κ2) is 14.9. The molecule has 35 heavy (non-hydrogen) atoms. The van der Waals surface area contributed by atoms with Crippen molar-refractivity contribution in [2.24, 2.45) is 0 Å². The monoisotopic (exact) mass is 606 g/mol. The Morgan fingerprint density at radius 1 is 0.800 bits per heavy atom. The average Bonchev–Trinajstić information content (AvgIpc) is 2.72. The van der Waals surface area contributed by atoms with E-state index in [1.807, 2.05) is 49.5 Å². The largest absolute Gasteiger partial charge is 2.00 e. The van der Waals surface area contributed by atoms with E-state index in [0.29, 0.717) is 16.6 Å². The molecule has 194 valence electrons. The second-order valence-electron chi connectivity index (χ2n) is 9.99. The predicted octanol–water partition coefficient (Wildman–Crippen LogP) is 7.41. The first-order valence-electron chi connectivity index (χ1n) is 11.2. The zero-order chi connectivity index (χ0) is 26.0. The molecule has 0 amide bonds. The summed E-state index contributed by atoms with van der Waals surface area (Å²) in [6.45, 7) is 14.2. The summed E-state index contributed by atoms with van der Waals surface area (Å²) in [6, 6.07) is 30.3. The van der Waals surface area contributed by atoms with E-state index < -0.39 is 18.0 Å². The molecule has 7 heteroatoms. The van der Waals surface area contributed by atoms with Gasteiger partial charge in [-0.25, -0.2) is 0 Å². The van der Waals surface area contributed by atoms with E-state index in [1.165, 1.54) is 0 Å². The van der Waals surface area contributed by atoms with Crippen molar-refractivity contribution in [2.75, 3.05) is 13.3 Å². The van der Waals surface area contributed by atoms with Crippen molar-refractivity contribution < 1.29 is 33.4 Å². The van der Waals surface area contributed by atoms with Gasteiger partial charge in [-0.2, -0.15) is 14.1 Å². The molecular formula is C28H39NO3PPdS+. The summed E-state index contributed by atoms with van der Waals surface area (Å²) in [4.78, 5) is 0. The summed E-state index contributed by atoms with van der Waals surface area (Å²) in [5, 5.41) is 6.60. The van der Waals surface area contributed by atoms with Crippen LogP contribution < -0.4 is 5.30 Å². The van der Waals surface area contributed by atoms with Crippen LogP contribution >= 0.6 is 7.92 Å². The van der Waals surface area contributed by atoms with Crippen molar-refractivity contribution in [1.29, 1.82) is 0 Å². The fourth-order valence-corrected chi connectivity index (χ4v) is 8.56. The minimum absolute atomic E-state index is 0. The average molecular weight is 607 g/mol. The molecule has 0 heterocycles. The first-order valence-corrected chi connectivity index (χ1v) is 14.5. The van der Waals surface area contributed by atoms with Crippen LogP contribution in [0.4, 0.5) is 5.69 Å². The zero-order valence-corrected chi connectivity index (χ0v) is 25.3. The molecule has 0 fully saturated rings. The molecule has 0 aliphatic rings. The molecule has 0 spiro atoms. The van der Waals surface area contributed by atoms with Crippen molar-refractivity contribution in [3.05, 3.63) is 90.2 Å². The third-order valence-corrected chi connectivity index (χ3v) is 8.62. The van der Waals surface area contributed by atoms with Gasteiger partial charge in [-0.15, -0.1) is 48.5 Å². The SMILES string of the molecule is CC(C)(C)[PH+](c1ccccc1)C(C)(C)C.CS(=O)(=O)O.C[N-]c1ccccc1-c1[c-]cccc1.[Pd+2]. The third kappa shape index (κ3) is 13.4. The van der Waals surface area contributed by atoms with Crippen molar-refractivity contribution in [2.45, 2.75) is 51.9 Å². The van der Waals surface area contributed by atoms with E-state index in [4.69, 9.17) is 4.55 Å². The van der Waals surface area contributed by atoms with Crippen LogP contribution in [0.15, 0.2) is 78.9 Å². The molecule has 0 aromatic heterocycles. The van der Waals surface area contributed by atoms with Gasteiger partial charge in [0.05, 0.1) is 21.9 Å². The van der Waals surface area contributed by atoms with Gasteiger partial charge in [0.15, 0.2) is 0 Å².